The number of nitrogens with zero attached hydrogens (tertiary/aromatic N) is 6. The minimum absolute atomic E-state index is 0.315. The molecule has 11 nitrogen and oxygen atoms in total. The van der Waals surface area contributed by atoms with Gasteiger partial charge < -0.3 is 15.3 Å². The van der Waals surface area contributed by atoms with E-state index in [0.29, 0.717) is 54.9 Å². The van der Waals surface area contributed by atoms with Gasteiger partial charge in [0.1, 0.15) is 0 Å². The van der Waals surface area contributed by atoms with Gasteiger partial charge in [-0.05, 0) is 50.5 Å². The van der Waals surface area contributed by atoms with Crippen LogP contribution in [0.1, 0.15) is 26.7 Å². The van der Waals surface area contributed by atoms with Gasteiger partial charge in [-0.3, -0.25) is 10.1 Å². The molecule has 37 heavy (non-hydrogen) atoms. The van der Waals surface area contributed by atoms with E-state index in [-0.39, 0.29) is 6.03 Å². The molecule has 4 aromatic rings. The summed E-state index contributed by atoms with van der Waals surface area (Å²) in [4.78, 5) is 48.2. The lowest BCUT2D eigenvalue weighted by Crippen LogP contribution is -2.43. The van der Waals surface area contributed by atoms with Crippen LogP contribution in [-0.2, 0) is 4.79 Å². The summed E-state index contributed by atoms with van der Waals surface area (Å²) >= 11 is 1.36. The van der Waals surface area contributed by atoms with Crippen LogP contribution < -0.4 is 15.5 Å². The van der Waals surface area contributed by atoms with Crippen molar-refractivity contribution in [2.75, 3.05) is 29.9 Å². The van der Waals surface area contributed by atoms with Crippen LogP contribution in [0, 0.1) is 5.41 Å². The number of carbonyl (C=O) groups is 2. The Morgan fingerprint density at radius 1 is 1.08 bits per heavy atom. The van der Waals surface area contributed by atoms with Crippen molar-refractivity contribution >= 4 is 44.6 Å². The average molecular weight is 519 g/mol. The first-order valence-corrected chi connectivity index (χ1v) is 12.8. The van der Waals surface area contributed by atoms with Gasteiger partial charge in [0.2, 0.25) is 5.95 Å². The van der Waals surface area contributed by atoms with Crippen LogP contribution in [0.3, 0.4) is 0 Å². The number of rotatable bonds is 6. The number of hydrogen-bond donors (Lipinski definition) is 3. The molecule has 1 fully saturated rings. The molecule has 0 spiro atoms. The van der Waals surface area contributed by atoms with Crippen molar-refractivity contribution in [3.8, 4) is 22.5 Å². The second kappa shape index (κ2) is 10.1. The molecule has 0 saturated carbocycles. The summed E-state index contributed by atoms with van der Waals surface area (Å²) in [5, 5.41) is 15.4. The third-order valence-electron chi connectivity index (χ3n) is 6.49. The number of fused-ring (bicyclic) bond motifs is 1. The number of aromatic nitrogens is 5. The van der Waals surface area contributed by atoms with Gasteiger partial charge in [-0.1, -0.05) is 11.3 Å². The minimum Gasteiger partial charge on any atom is -0.481 e. The first-order valence-electron chi connectivity index (χ1n) is 11.9. The highest BCUT2D eigenvalue weighted by Crippen LogP contribution is 2.38. The topological polar surface area (TPSA) is 146 Å². The Labute approximate surface area is 217 Å². The van der Waals surface area contributed by atoms with E-state index in [4.69, 9.17) is 0 Å². The van der Waals surface area contributed by atoms with Crippen LogP contribution in [0.4, 0.5) is 15.9 Å². The van der Waals surface area contributed by atoms with Crippen LogP contribution in [0.2, 0.25) is 0 Å². The highest BCUT2D eigenvalue weighted by Gasteiger charge is 2.37. The molecule has 0 aliphatic carbocycles. The first-order chi connectivity index (χ1) is 17.9. The van der Waals surface area contributed by atoms with Crippen molar-refractivity contribution in [3.05, 3.63) is 43.0 Å². The molecule has 0 bridgehead atoms. The van der Waals surface area contributed by atoms with Crippen molar-refractivity contribution in [1.82, 2.24) is 30.2 Å². The number of carbonyl (C=O) groups excluding carboxylic acids is 1. The predicted octanol–water partition coefficient (Wildman–Crippen LogP) is 4.04. The molecule has 0 radical (unpaired) electrons. The molecule has 0 unspecified atom stereocenters. The average Bonchev–Trinajstić information content (AvgIpc) is 3.31. The monoisotopic (exact) mass is 518 g/mol. The van der Waals surface area contributed by atoms with Gasteiger partial charge in [0.15, 0.2) is 11.0 Å². The number of carboxylic acid groups (broad SMARTS) is 1. The predicted molar refractivity (Wildman–Crippen MR) is 142 cm³/mol. The number of thiazole rings is 1. The molecule has 3 N–H and O–H groups in total. The van der Waals surface area contributed by atoms with Gasteiger partial charge in [0, 0.05) is 55.5 Å². The maximum absolute atomic E-state index is 12.0. The van der Waals surface area contributed by atoms with Crippen molar-refractivity contribution in [3.63, 3.8) is 0 Å². The van der Waals surface area contributed by atoms with Gasteiger partial charge in [-0.2, -0.15) is 0 Å². The minimum atomic E-state index is -0.761. The number of anilines is 2. The number of benzene rings is 1. The summed E-state index contributed by atoms with van der Waals surface area (Å²) < 4.78 is 0.856. The molecule has 1 aliphatic heterocycles. The lowest BCUT2D eigenvalue weighted by atomic mass is 9.80. The fourth-order valence-electron chi connectivity index (χ4n) is 4.21. The third kappa shape index (κ3) is 5.05. The van der Waals surface area contributed by atoms with Crippen molar-refractivity contribution in [2.45, 2.75) is 26.7 Å². The summed E-state index contributed by atoms with van der Waals surface area (Å²) in [5.41, 5.74) is 2.42. The maximum atomic E-state index is 12.0. The summed E-state index contributed by atoms with van der Waals surface area (Å²) in [6.07, 6.45) is 7.96. The van der Waals surface area contributed by atoms with Crippen molar-refractivity contribution in [1.29, 1.82) is 0 Å². The fourth-order valence-corrected chi connectivity index (χ4v) is 5.16. The Bertz CT molecular complexity index is 1430. The van der Waals surface area contributed by atoms with E-state index in [1.807, 2.05) is 24.0 Å². The van der Waals surface area contributed by atoms with Crippen LogP contribution >= 0.6 is 11.3 Å². The Kier molecular flexibility index (Phi) is 6.66. The number of carboxylic acids is 1. The highest BCUT2D eigenvalue weighted by atomic mass is 32.1. The Hall–Kier alpha value is -4.19. The molecule has 1 saturated heterocycles. The molecule has 5 rings (SSSR count). The number of nitrogens with one attached hydrogen (secondary N) is 2. The Morgan fingerprint density at radius 3 is 2.43 bits per heavy atom. The number of hydrogen-bond acceptors (Lipinski definition) is 9. The Morgan fingerprint density at radius 2 is 1.78 bits per heavy atom. The van der Waals surface area contributed by atoms with Crippen LogP contribution in [0.25, 0.3) is 32.7 Å². The number of urea groups is 1. The summed E-state index contributed by atoms with van der Waals surface area (Å²) in [6, 6.07) is 5.35. The molecule has 2 amide bonds. The molecule has 0 atom stereocenters. The van der Waals surface area contributed by atoms with Crippen molar-refractivity contribution < 1.29 is 14.7 Å². The van der Waals surface area contributed by atoms with Gasteiger partial charge in [0.05, 0.1) is 15.6 Å². The first kappa shape index (κ1) is 24.5. The van der Waals surface area contributed by atoms with Gasteiger partial charge in [0.25, 0.3) is 0 Å². The number of amides is 2. The van der Waals surface area contributed by atoms with E-state index in [1.54, 1.807) is 37.8 Å². The normalized spacial score (nSPS) is 14.9. The zero-order valence-corrected chi connectivity index (χ0v) is 21.2. The molecule has 1 aliphatic rings. The van der Waals surface area contributed by atoms with E-state index < -0.39 is 11.4 Å². The summed E-state index contributed by atoms with van der Waals surface area (Å²) in [6.45, 7) is 5.32. The third-order valence-corrected chi connectivity index (χ3v) is 7.51. The van der Waals surface area contributed by atoms with E-state index in [9.17, 15) is 14.7 Å². The molecule has 4 heterocycles. The molecular formula is C25H26N8O3S. The van der Waals surface area contributed by atoms with E-state index in [1.165, 1.54) is 11.3 Å². The zero-order chi connectivity index (χ0) is 26.0. The zero-order valence-electron chi connectivity index (χ0n) is 20.4. The second-order valence-electron chi connectivity index (χ2n) is 9.07. The largest absolute Gasteiger partial charge is 0.481 e. The number of aliphatic carboxylic acids is 1. The van der Waals surface area contributed by atoms with Crippen LogP contribution in [0.5, 0.6) is 0 Å². The van der Waals surface area contributed by atoms with Gasteiger partial charge in [-0.15, -0.1) is 0 Å². The lowest BCUT2D eigenvalue weighted by Gasteiger charge is -2.36. The Balaban J connectivity index is 1.46. The molecule has 12 heteroatoms. The standard InChI is InChI=1S/C25H26N8O3S/c1-3-26-23(36)32-24-31-18-12-15(11-17(19(18)37-24)20-27-7-4-8-28-20)16-13-29-22(30-14-16)33-9-5-25(2,6-10-33)21(34)35/h4,7-8,11-14H,3,5-6,9-10H2,1-2H3,(H,34,35)(H2,26,31,32,36). The summed E-state index contributed by atoms with van der Waals surface area (Å²) in [5.74, 6) is 0.365. The molecule has 190 valence electrons. The quantitative estimate of drug-likeness (QED) is 0.344. The second-order valence-corrected chi connectivity index (χ2v) is 10.1. The van der Waals surface area contributed by atoms with Crippen LogP contribution in [-0.4, -0.2) is 61.7 Å². The van der Waals surface area contributed by atoms with E-state index in [0.717, 1.165) is 21.4 Å². The summed E-state index contributed by atoms with van der Waals surface area (Å²) in [7, 11) is 0. The van der Waals surface area contributed by atoms with E-state index in [2.05, 4.69) is 35.6 Å². The van der Waals surface area contributed by atoms with Gasteiger partial charge >= 0.3 is 12.0 Å². The van der Waals surface area contributed by atoms with Crippen LogP contribution in [0.15, 0.2) is 43.0 Å². The SMILES string of the molecule is CCNC(=O)Nc1nc2cc(-c3cnc(N4CCC(C)(C(=O)O)CC4)nc3)cc(-c3ncccn3)c2s1. The smallest absolute Gasteiger partial charge is 0.321 e. The van der Waals surface area contributed by atoms with E-state index >= 15 is 0 Å². The highest BCUT2D eigenvalue weighted by molar-refractivity contribution is 7.22. The molecular weight excluding hydrogens is 492 g/mol. The molecule has 3 aromatic heterocycles. The van der Waals surface area contributed by atoms with Gasteiger partial charge in [-0.25, -0.2) is 29.7 Å². The molecule has 1 aromatic carbocycles. The number of piperidine rings is 1. The van der Waals surface area contributed by atoms with Crippen molar-refractivity contribution in [2.24, 2.45) is 5.41 Å². The fraction of sp³-hybridized carbons (Fsp3) is 0.320. The lowest BCUT2D eigenvalue weighted by molar-refractivity contribution is -0.149. The maximum Gasteiger partial charge on any atom is 0.321 e.